The van der Waals surface area contributed by atoms with E-state index in [1.54, 1.807) is 6.20 Å². The van der Waals surface area contributed by atoms with Crippen molar-refractivity contribution in [3.63, 3.8) is 0 Å². The number of rotatable bonds is 6. The second-order valence-corrected chi connectivity index (χ2v) is 8.26. The van der Waals surface area contributed by atoms with Crippen LogP contribution >= 0.6 is 0 Å². The number of aromatic nitrogens is 4. The van der Waals surface area contributed by atoms with E-state index in [0.29, 0.717) is 49.1 Å². The Morgan fingerprint density at radius 1 is 1.11 bits per heavy atom. The SMILES string of the molecule is CO.O=c1[nH]ncc2nc(N3CCCCCC3)nc(Nc3ccc(OCC4COCCO4)cc3)c12. The van der Waals surface area contributed by atoms with Crippen molar-refractivity contribution in [2.24, 2.45) is 0 Å². The summed E-state index contributed by atoms with van der Waals surface area (Å²) in [5, 5.41) is 17.1. The molecular formula is C24H32N6O5. The molecule has 1 atom stereocenters. The minimum atomic E-state index is -0.327. The number of aliphatic hydroxyl groups is 1. The molecule has 11 nitrogen and oxygen atoms in total. The van der Waals surface area contributed by atoms with Gasteiger partial charge in [-0.2, -0.15) is 10.1 Å². The molecule has 0 saturated carbocycles. The Hall–Kier alpha value is -3.28. The lowest BCUT2D eigenvalue weighted by Gasteiger charge is -2.23. The monoisotopic (exact) mass is 484 g/mol. The molecule has 2 aromatic heterocycles. The first-order chi connectivity index (χ1) is 17.3. The van der Waals surface area contributed by atoms with Gasteiger partial charge in [0.25, 0.3) is 5.56 Å². The molecule has 3 aromatic rings. The Bertz CT molecular complexity index is 1130. The maximum absolute atomic E-state index is 12.5. The lowest BCUT2D eigenvalue weighted by Crippen LogP contribution is -2.33. The van der Waals surface area contributed by atoms with E-state index in [1.807, 2.05) is 24.3 Å². The Morgan fingerprint density at radius 3 is 2.60 bits per heavy atom. The highest BCUT2D eigenvalue weighted by molar-refractivity contribution is 5.90. The van der Waals surface area contributed by atoms with Crippen LogP contribution in [0.1, 0.15) is 25.7 Å². The van der Waals surface area contributed by atoms with Crippen molar-refractivity contribution in [1.29, 1.82) is 0 Å². The molecular weight excluding hydrogens is 452 g/mol. The van der Waals surface area contributed by atoms with Crippen molar-refractivity contribution in [2.45, 2.75) is 31.8 Å². The molecule has 0 spiro atoms. The molecule has 5 rings (SSSR count). The molecule has 0 radical (unpaired) electrons. The lowest BCUT2D eigenvalue weighted by atomic mass is 10.2. The van der Waals surface area contributed by atoms with Crippen LogP contribution in [0.2, 0.25) is 0 Å². The average Bonchev–Trinajstić information content (AvgIpc) is 3.20. The van der Waals surface area contributed by atoms with Crippen LogP contribution in [0.5, 0.6) is 5.75 Å². The fourth-order valence-corrected chi connectivity index (χ4v) is 4.09. The van der Waals surface area contributed by atoms with Crippen LogP contribution in [0.3, 0.4) is 0 Å². The van der Waals surface area contributed by atoms with Gasteiger partial charge in [0.1, 0.15) is 35.2 Å². The van der Waals surface area contributed by atoms with E-state index in [1.165, 1.54) is 12.8 Å². The third-order valence-corrected chi connectivity index (χ3v) is 5.83. The number of hydrogen-bond donors (Lipinski definition) is 3. The highest BCUT2D eigenvalue weighted by Crippen LogP contribution is 2.26. The first kappa shape index (κ1) is 24.8. The van der Waals surface area contributed by atoms with Crippen LogP contribution in [-0.4, -0.2) is 78.0 Å². The molecule has 0 aliphatic carbocycles. The zero-order valence-electron chi connectivity index (χ0n) is 19.9. The average molecular weight is 485 g/mol. The van der Waals surface area contributed by atoms with Crippen LogP contribution in [0, 0.1) is 0 Å². The van der Waals surface area contributed by atoms with Gasteiger partial charge < -0.3 is 29.5 Å². The fourth-order valence-electron chi connectivity index (χ4n) is 4.09. The number of nitrogens with one attached hydrogen (secondary N) is 2. The van der Waals surface area contributed by atoms with Crippen molar-refractivity contribution in [3.05, 3.63) is 40.8 Å². The summed E-state index contributed by atoms with van der Waals surface area (Å²) in [6.45, 7) is 4.02. The standard InChI is InChI=1S/C23H28N6O4.CH4O/c30-22-20-19(13-24-28-22)26-23(29-9-3-1-2-4-10-29)27-21(20)25-16-5-7-17(8-6-16)33-15-18-14-31-11-12-32-18;1-2/h5-8,13,18H,1-4,9-12,14-15H2,(H,28,30)(H,25,26,27);2H,1H3. The van der Waals surface area contributed by atoms with E-state index in [-0.39, 0.29) is 11.7 Å². The zero-order chi connectivity index (χ0) is 24.5. The molecule has 11 heteroatoms. The highest BCUT2D eigenvalue weighted by atomic mass is 16.6. The molecule has 1 unspecified atom stereocenters. The third-order valence-electron chi connectivity index (χ3n) is 5.83. The summed E-state index contributed by atoms with van der Waals surface area (Å²) in [4.78, 5) is 24.1. The molecule has 2 aliphatic heterocycles. The van der Waals surface area contributed by atoms with Crippen LogP contribution in [0.4, 0.5) is 17.5 Å². The number of benzene rings is 1. The Balaban J connectivity index is 0.00000141. The number of hydrogen-bond acceptors (Lipinski definition) is 10. The smallest absolute Gasteiger partial charge is 0.277 e. The maximum Gasteiger partial charge on any atom is 0.277 e. The van der Waals surface area contributed by atoms with E-state index < -0.39 is 0 Å². The normalized spacial score (nSPS) is 18.3. The Kier molecular flexibility index (Phi) is 8.82. The number of aliphatic hydroxyl groups excluding tert-OH is 1. The summed E-state index contributed by atoms with van der Waals surface area (Å²) < 4.78 is 16.8. The summed E-state index contributed by atoms with van der Waals surface area (Å²) in [6, 6.07) is 7.53. The summed E-state index contributed by atoms with van der Waals surface area (Å²) in [6.07, 6.45) is 6.16. The van der Waals surface area contributed by atoms with Gasteiger partial charge in [0.2, 0.25) is 5.95 Å². The Morgan fingerprint density at radius 2 is 1.89 bits per heavy atom. The third kappa shape index (κ3) is 6.44. The van der Waals surface area contributed by atoms with Gasteiger partial charge in [-0.25, -0.2) is 10.1 Å². The van der Waals surface area contributed by atoms with E-state index in [4.69, 9.17) is 24.3 Å². The summed E-state index contributed by atoms with van der Waals surface area (Å²) in [5.74, 6) is 1.81. The minimum absolute atomic E-state index is 0.0540. The molecule has 1 aromatic carbocycles. The number of ether oxygens (including phenoxy) is 3. The zero-order valence-corrected chi connectivity index (χ0v) is 19.9. The van der Waals surface area contributed by atoms with Crippen molar-refractivity contribution in [2.75, 3.05) is 56.8 Å². The van der Waals surface area contributed by atoms with Gasteiger partial charge in [-0.1, -0.05) is 12.8 Å². The number of aromatic amines is 1. The van der Waals surface area contributed by atoms with Crippen molar-refractivity contribution in [1.82, 2.24) is 20.2 Å². The first-order valence-electron chi connectivity index (χ1n) is 11.9. The first-order valence-corrected chi connectivity index (χ1v) is 11.9. The molecule has 2 aliphatic rings. The molecule has 4 heterocycles. The molecule has 35 heavy (non-hydrogen) atoms. The number of fused-ring (bicyclic) bond motifs is 1. The van der Waals surface area contributed by atoms with Crippen LogP contribution in [-0.2, 0) is 9.47 Å². The van der Waals surface area contributed by atoms with Crippen LogP contribution in [0.15, 0.2) is 35.3 Å². The fraction of sp³-hybridized carbons (Fsp3) is 0.500. The van der Waals surface area contributed by atoms with Gasteiger partial charge in [-0.15, -0.1) is 0 Å². The van der Waals surface area contributed by atoms with Gasteiger partial charge >= 0.3 is 0 Å². The highest BCUT2D eigenvalue weighted by Gasteiger charge is 2.18. The second-order valence-electron chi connectivity index (χ2n) is 8.26. The van der Waals surface area contributed by atoms with Gasteiger partial charge in [-0.05, 0) is 37.1 Å². The summed E-state index contributed by atoms with van der Waals surface area (Å²) in [5.41, 5.74) is 0.981. The van der Waals surface area contributed by atoms with Gasteiger partial charge in [0.05, 0.1) is 26.0 Å². The largest absolute Gasteiger partial charge is 0.491 e. The summed E-state index contributed by atoms with van der Waals surface area (Å²) >= 11 is 0. The lowest BCUT2D eigenvalue weighted by molar-refractivity contribution is -0.101. The van der Waals surface area contributed by atoms with Crippen LogP contribution in [0.25, 0.3) is 10.9 Å². The molecule has 0 bridgehead atoms. The Labute approximate surface area is 203 Å². The van der Waals surface area contributed by atoms with Gasteiger partial charge in [0, 0.05) is 25.9 Å². The molecule has 3 N–H and O–H groups in total. The second kappa shape index (κ2) is 12.4. The van der Waals surface area contributed by atoms with Crippen molar-refractivity contribution < 1.29 is 19.3 Å². The van der Waals surface area contributed by atoms with E-state index in [0.717, 1.165) is 44.5 Å². The predicted molar refractivity (Wildman–Crippen MR) is 133 cm³/mol. The van der Waals surface area contributed by atoms with Gasteiger partial charge in [-0.3, -0.25) is 4.79 Å². The topological polar surface area (TPSA) is 135 Å². The quantitative estimate of drug-likeness (QED) is 0.478. The number of nitrogens with zero attached hydrogens (tertiary/aromatic N) is 4. The maximum atomic E-state index is 12.5. The van der Waals surface area contributed by atoms with E-state index >= 15 is 0 Å². The van der Waals surface area contributed by atoms with E-state index in [2.05, 4.69) is 25.4 Å². The molecule has 2 fully saturated rings. The number of H-pyrrole nitrogens is 1. The minimum Gasteiger partial charge on any atom is -0.491 e. The van der Waals surface area contributed by atoms with Crippen LogP contribution < -0.4 is 20.5 Å². The molecule has 188 valence electrons. The molecule has 2 saturated heterocycles. The molecule has 0 amide bonds. The summed E-state index contributed by atoms with van der Waals surface area (Å²) in [7, 11) is 1.00. The van der Waals surface area contributed by atoms with E-state index in [9.17, 15) is 4.79 Å². The van der Waals surface area contributed by atoms with Crippen molar-refractivity contribution in [3.8, 4) is 5.75 Å². The van der Waals surface area contributed by atoms with Crippen molar-refractivity contribution >= 4 is 28.4 Å². The van der Waals surface area contributed by atoms with Gasteiger partial charge in [0.15, 0.2) is 0 Å². The predicted octanol–water partition coefficient (Wildman–Crippen LogP) is 2.24. The number of anilines is 3.